The fraction of sp³-hybridized carbons (Fsp3) is 0.250. The second kappa shape index (κ2) is 4.08. The molecule has 0 aliphatic rings. The fourth-order valence-corrected chi connectivity index (χ4v) is 2.76. The van der Waals surface area contributed by atoms with Gasteiger partial charge in [0.05, 0.1) is 9.82 Å². The molecule has 7 nitrogen and oxygen atoms in total. The molecule has 1 rings (SSSR count). The van der Waals surface area contributed by atoms with Gasteiger partial charge in [-0.1, -0.05) is 0 Å². The Labute approximate surface area is 98.1 Å². The summed E-state index contributed by atoms with van der Waals surface area (Å²) in [6.45, 7) is 0. The maximum Gasteiger partial charge on any atom is 0.288 e. The lowest BCUT2D eigenvalue weighted by Crippen LogP contribution is -2.05. The van der Waals surface area contributed by atoms with Crippen LogP contribution in [0.3, 0.4) is 0 Å². The Morgan fingerprint density at radius 3 is 1.94 bits per heavy atom. The van der Waals surface area contributed by atoms with Crippen LogP contribution in [-0.4, -0.2) is 34.3 Å². The summed E-state index contributed by atoms with van der Waals surface area (Å²) in [5, 5.41) is 10.6. The Kier molecular flexibility index (Phi) is 3.26. The first-order valence-electron chi connectivity index (χ1n) is 4.22. The minimum atomic E-state index is -3.87. The number of hydrogen-bond donors (Lipinski definition) is 0. The molecule has 0 amide bonds. The van der Waals surface area contributed by atoms with Gasteiger partial charge in [0.2, 0.25) is 0 Å². The van der Waals surface area contributed by atoms with Crippen LogP contribution >= 0.6 is 0 Å². The first-order chi connectivity index (χ1) is 7.53. The van der Waals surface area contributed by atoms with Gasteiger partial charge in [-0.3, -0.25) is 10.1 Å². The van der Waals surface area contributed by atoms with Gasteiger partial charge in [0.25, 0.3) is 5.69 Å². The lowest BCUT2D eigenvalue weighted by atomic mass is 10.3. The van der Waals surface area contributed by atoms with E-state index in [0.29, 0.717) is 0 Å². The van der Waals surface area contributed by atoms with Gasteiger partial charge in [-0.25, -0.2) is 16.8 Å². The highest BCUT2D eigenvalue weighted by molar-refractivity contribution is 7.91. The SMILES string of the molecule is CS(=O)(=O)c1ccc([N+](=O)[O-])c(S(C)(=O)=O)c1. The predicted molar refractivity (Wildman–Crippen MR) is 59.3 cm³/mol. The minimum absolute atomic E-state index is 0.275. The van der Waals surface area contributed by atoms with Crippen LogP contribution in [0.15, 0.2) is 28.0 Å². The van der Waals surface area contributed by atoms with E-state index in [4.69, 9.17) is 0 Å². The van der Waals surface area contributed by atoms with Gasteiger partial charge in [0.1, 0.15) is 4.90 Å². The zero-order valence-electron chi connectivity index (χ0n) is 8.95. The van der Waals surface area contributed by atoms with Gasteiger partial charge in [-0.15, -0.1) is 0 Å². The van der Waals surface area contributed by atoms with E-state index in [0.717, 1.165) is 30.7 Å². The van der Waals surface area contributed by atoms with E-state index in [2.05, 4.69) is 0 Å². The van der Waals surface area contributed by atoms with Crippen LogP contribution in [0.5, 0.6) is 0 Å². The molecule has 0 fully saturated rings. The Morgan fingerprint density at radius 1 is 1.06 bits per heavy atom. The molecule has 0 saturated carbocycles. The Bertz CT molecular complexity index is 674. The molecule has 0 bridgehead atoms. The Morgan fingerprint density at radius 2 is 1.59 bits per heavy atom. The molecule has 94 valence electrons. The monoisotopic (exact) mass is 279 g/mol. The lowest BCUT2D eigenvalue weighted by molar-refractivity contribution is -0.387. The molecule has 0 spiro atoms. The van der Waals surface area contributed by atoms with Gasteiger partial charge in [0, 0.05) is 18.6 Å². The number of nitrogens with zero attached hydrogens (tertiary/aromatic N) is 1. The molecule has 0 unspecified atom stereocenters. The minimum Gasteiger partial charge on any atom is -0.258 e. The van der Waals surface area contributed by atoms with E-state index in [1.54, 1.807) is 0 Å². The van der Waals surface area contributed by atoms with Crippen molar-refractivity contribution < 1.29 is 21.8 Å². The highest BCUT2D eigenvalue weighted by Gasteiger charge is 2.24. The van der Waals surface area contributed by atoms with E-state index in [1.807, 2.05) is 0 Å². The molecule has 0 N–H and O–H groups in total. The maximum absolute atomic E-state index is 11.3. The van der Waals surface area contributed by atoms with Crippen LogP contribution in [0.2, 0.25) is 0 Å². The number of sulfone groups is 2. The smallest absolute Gasteiger partial charge is 0.258 e. The van der Waals surface area contributed by atoms with Crippen molar-refractivity contribution in [1.82, 2.24) is 0 Å². The fourth-order valence-electron chi connectivity index (χ4n) is 1.17. The summed E-state index contributed by atoms with van der Waals surface area (Å²) < 4.78 is 45.1. The third kappa shape index (κ3) is 3.01. The molecular formula is C8H9NO6S2. The Hall–Kier alpha value is -1.48. The van der Waals surface area contributed by atoms with Crippen molar-refractivity contribution in [1.29, 1.82) is 0 Å². The van der Waals surface area contributed by atoms with Gasteiger partial charge in [0.15, 0.2) is 19.7 Å². The van der Waals surface area contributed by atoms with Crippen molar-refractivity contribution in [2.45, 2.75) is 9.79 Å². The molecule has 0 aliphatic carbocycles. The largest absolute Gasteiger partial charge is 0.288 e. The third-order valence-corrected chi connectivity index (χ3v) is 4.19. The number of rotatable bonds is 3. The summed E-state index contributed by atoms with van der Waals surface area (Å²) in [6.07, 6.45) is 1.67. The Balaban J connectivity index is 3.69. The van der Waals surface area contributed by atoms with Crippen molar-refractivity contribution in [3.05, 3.63) is 28.3 Å². The van der Waals surface area contributed by atoms with Crippen LogP contribution in [0.25, 0.3) is 0 Å². The standard InChI is InChI=1S/C8H9NO6S2/c1-16(12,13)6-3-4-7(9(10)11)8(5-6)17(2,14)15/h3-5H,1-2H3. The number of benzene rings is 1. The topological polar surface area (TPSA) is 111 Å². The van der Waals surface area contributed by atoms with Gasteiger partial charge < -0.3 is 0 Å². The number of hydrogen-bond acceptors (Lipinski definition) is 6. The molecule has 0 radical (unpaired) electrons. The summed E-state index contributed by atoms with van der Waals surface area (Å²) in [4.78, 5) is 8.87. The summed E-state index contributed by atoms with van der Waals surface area (Å²) >= 11 is 0. The number of nitro benzene ring substituents is 1. The predicted octanol–water partition coefficient (Wildman–Crippen LogP) is 0.402. The first kappa shape index (κ1) is 13.6. The molecule has 1 aromatic carbocycles. The zero-order chi connectivity index (χ0) is 13.4. The van der Waals surface area contributed by atoms with Crippen LogP contribution in [0.1, 0.15) is 0 Å². The van der Waals surface area contributed by atoms with Gasteiger partial charge in [-0.2, -0.15) is 0 Å². The molecule has 1 aromatic rings. The highest BCUT2D eigenvalue weighted by atomic mass is 32.2. The quantitative estimate of drug-likeness (QED) is 0.585. The normalized spacial score (nSPS) is 12.4. The lowest BCUT2D eigenvalue weighted by Gasteiger charge is -2.03. The van der Waals surface area contributed by atoms with Crippen LogP contribution in [-0.2, 0) is 19.7 Å². The highest BCUT2D eigenvalue weighted by Crippen LogP contribution is 2.26. The molecule has 0 atom stereocenters. The molecule has 0 aromatic heterocycles. The van der Waals surface area contributed by atoms with Crippen molar-refractivity contribution in [3.8, 4) is 0 Å². The van der Waals surface area contributed by atoms with Crippen LogP contribution < -0.4 is 0 Å². The molecule has 17 heavy (non-hydrogen) atoms. The first-order valence-corrected chi connectivity index (χ1v) is 8.00. The molecule has 0 heterocycles. The van der Waals surface area contributed by atoms with E-state index in [-0.39, 0.29) is 4.90 Å². The van der Waals surface area contributed by atoms with Gasteiger partial charge >= 0.3 is 0 Å². The average molecular weight is 279 g/mol. The van der Waals surface area contributed by atoms with E-state index in [9.17, 15) is 26.9 Å². The average Bonchev–Trinajstić information content (AvgIpc) is 2.14. The molecule has 0 aliphatic heterocycles. The van der Waals surface area contributed by atoms with E-state index in [1.165, 1.54) is 0 Å². The summed E-state index contributed by atoms with van der Waals surface area (Å²) in [5.74, 6) is 0. The number of nitro groups is 1. The molecule has 9 heteroatoms. The second-order valence-electron chi connectivity index (χ2n) is 3.43. The maximum atomic E-state index is 11.3. The second-order valence-corrected chi connectivity index (χ2v) is 7.43. The summed E-state index contributed by atoms with van der Waals surface area (Å²) in [6, 6.07) is 2.66. The van der Waals surface area contributed by atoms with Crippen LogP contribution in [0, 0.1) is 10.1 Å². The van der Waals surface area contributed by atoms with Crippen molar-refractivity contribution in [2.75, 3.05) is 12.5 Å². The van der Waals surface area contributed by atoms with Crippen molar-refractivity contribution >= 4 is 25.4 Å². The zero-order valence-corrected chi connectivity index (χ0v) is 10.6. The molecule has 0 saturated heterocycles. The summed E-state index contributed by atoms with van der Waals surface area (Å²) in [5.41, 5.74) is -0.639. The van der Waals surface area contributed by atoms with Crippen molar-refractivity contribution in [2.24, 2.45) is 0 Å². The van der Waals surface area contributed by atoms with Crippen molar-refractivity contribution in [3.63, 3.8) is 0 Å². The van der Waals surface area contributed by atoms with Crippen LogP contribution in [0.4, 0.5) is 5.69 Å². The van der Waals surface area contributed by atoms with E-state index < -0.39 is 35.2 Å². The molecular weight excluding hydrogens is 270 g/mol. The van der Waals surface area contributed by atoms with E-state index >= 15 is 0 Å². The van der Waals surface area contributed by atoms with Gasteiger partial charge in [-0.05, 0) is 12.1 Å². The third-order valence-electron chi connectivity index (χ3n) is 1.96. The summed E-state index contributed by atoms with van der Waals surface area (Å²) in [7, 11) is -7.48.